The molecule has 0 bridgehead atoms. The molecule has 182 valence electrons. The first-order valence-corrected chi connectivity index (χ1v) is 16.8. The Hall–Kier alpha value is -0.747. The molecule has 0 radical (unpaired) electrons. The number of hydrogen-bond acceptors (Lipinski definition) is 0. The monoisotopic (exact) mass is 572 g/mol. The van der Waals surface area contributed by atoms with Crippen LogP contribution in [0.1, 0.15) is 96.7 Å². The van der Waals surface area contributed by atoms with E-state index in [1.165, 1.54) is 25.7 Å². The van der Waals surface area contributed by atoms with Gasteiger partial charge in [-0.25, -0.2) is 0 Å². The quantitative estimate of drug-likeness (QED) is 0.455. The summed E-state index contributed by atoms with van der Waals surface area (Å²) in [7, 11) is 0. The molecule has 0 N–H and O–H groups in total. The van der Waals surface area contributed by atoms with Crippen LogP contribution in [0.25, 0.3) is 11.1 Å². The van der Waals surface area contributed by atoms with Crippen molar-refractivity contribution in [1.29, 1.82) is 0 Å². The maximum atomic E-state index is 2.73. The smallest absolute Gasteiger partial charge is 1.00 e. The van der Waals surface area contributed by atoms with E-state index in [-0.39, 0.29) is 24.8 Å². The van der Waals surface area contributed by atoms with Crippen LogP contribution >= 0.6 is 0 Å². The van der Waals surface area contributed by atoms with Crippen molar-refractivity contribution in [2.24, 2.45) is 11.8 Å². The normalized spacial score (nSPS) is 19.3. The van der Waals surface area contributed by atoms with Crippen molar-refractivity contribution in [1.82, 2.24) is 0 Å². The first kappa shape index (κ1) is 29.5. The molecule has 0 spiro atoms. The Morgan fingerprint density at radius 2 is 1.09 bits per heavy atom. The van der Waals surface area contributed by atoms with E-state index in [2.05, 4.69) is 102 Å². The molecule has 0 saturated heterocycles. The number of fused-ring (bicyclic) bond motifs is 2. The molecular weight excluding hydrogens is 534 g/mol. The number of rotatable bonds is 8. The van der Waals surface area contributed by atoms with Crippen molar-refractivity contribution in [3.8, 4) is 0 Å². The van der Waals surface area contributed by atoms with Gasteiger partial charge in [-0.3, -0.25) is 0 Å². The van der Waals surface area contributed by atoms with Gasteiger partial charge in [-0.15, -0.1) is 0 Å². The minimum atomic E-state index is -2.08. The van der Waals surface area contributed by atoms with E-state index in [4.69, 9.17) is 0 Å². The average molecular weight is 575 g/mol. The molecule has 4 unspecified atom stereocenters. The zero-order valence-corrected chi connectivity index (χ0v) is 25.6. The van der Waals surface area contributed by atoms with Crippen molar-refractivity contribution < 1.29 is 46.1 Å². The van der Waals surface area contributed by atoms with Crippen LogP contribution in [-0.2, 0) is 21.3 Å². The standard InChI is InChI=1S/2C14H17.C3H6.2ClH.Zr/c2*1-3-6-11(2)13-10-9-12-7-4-5-8-14(12)13;1-3-2;;;/h2*4-5,7-11H,3,6H2,1-2H3;1-2H3;2*1H;/q;;;;;+2/p-2. The molecule has 2 aromatic carbocycles. The maximum absolute atomic E-state index is 2.73. The minimum Gasteiger partial charge on any atom is -1.00 e. The van der Waals surface area contributed by atoms with Crippen LogP contribution in [0.15, 0.2) is 60.7 Å². The van der Waals surface area contributed by atoms with Crippen molar-refractivity contribution in [3.05, 3.63) is 82.9 Å². The van der Waals surface area contributed by atoms with Gasteiger partial charge in [0.25, 0.3) is 0 Å². The molecule has 4 rings (SSSR count). The van der Waals surface area contributed by atoms with Crippen molar-refractivity contribution in [2.45, 2.75) is 74.5 Å². The molecule has 34 heavy (non-hydrogen) atoms. The predicted molar refractivity (Wildman–Crippen MR) is 139 cm³/mol. The fourth-order valence-electron chi connectivity index (χ4n) is 6.15. The van der Waals surface area contributed by atoms with Crippen molar-refractivity contribution in [2.75, 3.05) is 0 Å². The second kappa shape index (κ2) is 13.0. The number of hydrogen-bond donors (Lipinski definition) is 0. The van der Waals surface area contributed by atoms with Crippen LogP contribution < -0.4 is 24.8 Å². The summed E-state index contributed by atoms with van der Waals surface area (Å²) in [6, 6.07) is 18.7. The molecule has 3 heteroatoms. The summed E-state index contributed by atoms with van der Waals surface area (Å²) >= 11 is -2.08. The summed E-state index contributed by atoms with van der Waals surface area (Å²) in [5, 5.41) is 0. The molecule has 0 fully saturated rings. The molecule has 0 aliphatic heterocycles. The Morgan fingerprint density at radius 3 is 1.44 bits per heavy atom. The zero-order chi connectivity index (χ0) is 22.8. The fourth-order valence-corrected chi connectivity index (χ4v) is 14.8. The molecule has 0 nitrogen and oxygen atoms in total. The largest absolute Gasteiger partial charge is 1.00 e. The number of halogens is 2. The molecule has 2 aliphatic carbocycles. The van der Waals surface area contributed by atoms with Crippen LogP contribution in [0.2, 0.25) is 0 Å². The molecule has 4 atom stereocenters. The van der Waals surface area contributed by atoms with Crippen LogP contribution in [0.5, 0.6) is 0 Å². The average Bonchev–Trinajstić information content (AvgIpc) is 3.34. The Labute approximate surface area is 228 Å². The summed E-state index contributed by atoms with van der Waals surface area (Å²) < 4.78 is 3.05. The molecule has 0 saturated carbocycles. The van der Waals surface area contributed by atoms with Crippen LogP contribution in [0.3, 0.4) is 0 Å². The number of benzene rings is 2. The second-order valence-corrected chi connectivity index (χ2v) is 18.0. The van der Waals surface area contributed by atoms with Gasteiger partial charge in [-0.1, -0.05) is 0 Å². The van der Waals surface area contributed by atoms with Crippen LogP contribution in [0.4, 0.5) is 0 Å². The predicted octanol–water partition coefficient (Wildman–Crippen LogP) is 2.97. The second-order valence-electron chi connectivity index (χ2n) is 10.2. The molecule has 0 amide bonds. The van der Waals surface area contributed by atoms with Gasteiger partial charge in [0.15, 0.2) is 0 Å². The summed E-state index contributed by atoms with van der Waals surface area (Å²) in [4.78, 5) is 0. The van der Waals surface area contributed by atoms with E-state index < -0.39 is 21.3 Å². The van der Waals surface area contributed by atoms with Crippen molar-refractivity contribution in [3.63, 3.8) is 0 Å². The Kier molecular flexibility index (Phi) is 11.3. The van der Waals surface area contributed by atoms with Crippen LogP contribution in [0, 0.1) is 11.8 Å². The maximum Gasteiger partial charge on any atom is -1.00 e. The van der Waals surface area contributed by atoms with Crippen LogP contribution in [-0.4, -0.2) is 3.21 Å². The Balaban J connectivity index is 0.00000204. The SMILES string of the molecule is CCCC(C)C1=C[CH]([Zr+2](=[C](C)C)[CH]2C=C(C(C)CCC)c3ccccc32)c2ccccc21.[Cl-].[Cl-]. The fraction of sp³-hybridized carbons (Fsp3) is 0.452. The topological polar surface area (TPSA) is 0 Å². The van der Waals surface area contributed by atoms with Gasteiger partial charge in [0.2, 0.25) is 0 Å². The zero-order valence-electron chi connectivity index (χ0n) is 21.7. The van der Waals surface area contributed by atoms with E-state index in [0.29, 0.717) is 19.1 Å². The molecular formula is C31H40Cl2Zr. The van der Waals surface area contributed by atoms with Gasteiger partial charge in [-0.2, -0.15) is 0 Å². The first-order valence-electron chi connectivity index (χ1n) is 12.8. The van der Waals surface area contributed by atoms with E-state index in [1.807, 2.05) is 0 Å². The third-order valence-corrected chi connectivity index (χ3v) is 16.1. The third kappa shape index (κ3) is 5.63. The molecule has 2 aliphatic rings. The Bertz CT molecular complexity index is 995. The third-order valence-electron chi connectivity index (χ3n) is 7.66. The summed E-state index contributed by atoms with van der Waals surface area (Å²) in [6.07, 6.45) is 10.5. The summed E-state index contributed by atoms with van der Waals surface area (Å²) in [6.45, 7) is 14.4. The van der Waals surface area contributed by atoms with E-state index in [9.17, 15) is 0 Å². The Morgan fingerprint density at radius 1 is 0.706 bits per heavy atom. The van der Waals surface area contributed by atoms with Gasteiger partial charge < -0.3 is 24.8 Å². The molecule has 0 aromatic heterocycles. The molecule has 2 aromatic rings. The minimum absolute atomic E-state index is 0. The van der Waals surface area contributed by atoms with Gasteiger partial charge in [0.05, 0.1) is 0 Å². The number of allylic oxidation sites excluding steroid dienone is 4. The summed E-state index contributed by atoms with van der Waals surface area (Å²) in [5.74, 6) is 1.30. The first-order chi connectivity index (χ1) is 15.5. The van der Waals surface area contributed by atoms with Gasteiger partial charge >= 0.3 is 205 Å². The van der Waals surface area contributed by atoms with Crippen molar-refractivity contribution >= 4 is 14.4 Å². The molecule has 0 heterocycles. The van der Waals surface area contributed by atoms with Gasteiger partial charge in [0, 0.05) is 0 Å². The summed E-state index contributed by atoms with van der Waals surface area (Å²) in [5.41, 5.74) is 9.60. The van der Waals surface area contributed by atoms with E-state index >= 15 is 0 Å². The van der Waals surface area contributed by atoms with Gasteiger partial charge in [-0.05, 0) is 0 Å². The van der Waals surface area contributed by atoms with Gasteiger partial charge in [0.1, 0.15) is 0 Å². The van der Waals surface area contributed by atoms with E-state index in [0.717, 1.165) is 0 Å². The van der Waals surface area contributed by atoms with E-state index in [1.54, 1.807) is 36.6 Å².